The minimum absolute atomic E-state index is 0.0129. The van der Waals surface area contributed by atoms with Crippen molar-refractivity contribution in [3.05, 3.63) is 82.5 Å². The average molecular weight is 422 g/mol. The maximum atomic E-state index is 13.0. The number of anilines is 1. The van der Waals surface area contributed by atoms with Crippen LogP contribution in [0.5, 0.6) is 0 Å². The molecule has 0 atom stereocenters. The fraction of sp³-hybridized carbons (Fsp3) is 0.250. The van der Waals surface area contributed by atoms with Crippen LogP contribution in [0.25, 0.3) is 6.08 Å². The third kappa shape index (κ3) is 4.18. The van der Waals surface area contributed by atoms with Crippen molar-refractivity contribution in [2.45, 2.75) is 6.92 Å². The topological polar surface area (TPSA) is 43.9 Å². The van der Waals surface area contributed by atoms with E-state index in [9.17, 15) is 9.59 Å². The number of nitrogens with zero attached hydrogens (tertiary/aromatic N) is 3. The highest BCUT2D eigenvalue weighted by molar-refractivity contribution is 6.52. The van der Waals surface area contributed by atoms with Crippen LogP contribution in [0.2, 0.25) is 0 Å². The second kappa shape index (κ2) is 8.86. The molecule has 0 saturated carbocycles. The van der Waals surface area contributed by atoms with Gasteiger partial charge in [-0.1, -0.05) is 66.2 Å². The summed E-state index contributed by atoms with van der Waals surface area (Å²) in [5, 5.41) is 0.0129. The van der Waals surface area contributed by atoms with Gasteiger partial charge >= 0.3 is 0 Å². The third-order valence-electron chi connectivity index (χ3n) is 5.43. The molecule has 0 spiro atoms. The Bertz CT molecular complexity index is 1010. The van der Waals surface area contributed by atoms with Crippen LogP contribution in [0, 0.1) is 6.92 Å². The number of carbonyl (C=O) groups is 2. The Hall–Kier alpha value is -2.89. The SMILES string of the molecule is Cc1cccc(N2C(=O)C(Cl)=C(N3CCN(C/C=C/c4ccccc4)CC3)C2=O)c1. The number of halogens is 1. The smallest absolute Gasteiger partial charge is 0.283 e. The predicted octanol–water partition coefficient (Wildman–Crippen LogP) is 3.65. The van der Waals surface area contributed by atoms with Gasteiger partial charge in [0.05, 0.1) is 5.69 Å². The number of hydrogen-bond acceptors (Lipinski definition) is 4. The Balaban J connectivity index is 1.39. The molecule has 4 rings (SSSR count). The van der Waals surface area contributed by atoms with Gasteiger partial charge in [-0.15, -0.1) is 0 Å². The molecule has 2 heterocycles. The lowest BCUT2D eigenvalue weighted by molar-refractivity contribution is -0.121. The van der Waals surface area contributed by atoms with Gasteiger partial charge < -0.3 is 4.90 Å². The van der Waals surface area contributed by atoms with E-state index in [0.29, 0.717) is 24.5 Å². The van der Waals surface area contributed by atoms with Crippen LogP contribution in [0.3, 0.4) is 0 Å². The van der Waals surface area contributed by atoms with E-state index in [1.165, 1.54) is 10.5 Å². The van der Waals surface area contributed by atoms with E-state index in [4.69, 9.17) is 11.6 Å². The predicted molar refractivity (Wildman–Crippen MR) is 120 cm³/mol. The molecule has 0 unspecified atom stereocenters. The number of piperazine rings is 1. The summed E-state index contributed by atoms with van der Waals surface area (Å²) in [6.45, 7) is 5.70. The molecule has 2 aliphatic rings. The van der Waals surface area contributed by atoms with E-state index < -0.39 is 5.91 Å². The van der Waals surface area contributed by atoms with Gasteiger partial charge in [0.15, 0.2) is 0 Å². The normalized spacial score (nSPS) is 18.2. The molecule has 1 saturated heterocycles. The zero-order valence-corrected chi connectivity index (χ0v) is 17.7. The standard InChI is InChI=1S/C24H24ClN3O2/c1-18-7-5-11-20(17-18)28-23(29)21(25)22(24(28)30)27-15-13-26(14-16-27)12-6-10-19-8-3-2-4-9-19/h2-11,17H,12-16H2,1H3/b10-6+. The van der Waals surface area contributed by atoms with Crippen LogP contribution in [0.15, 0.2) is 71.4 Å². The molecule has 0 aliphatic carbocycles. The molecule has 154 valence electrons. The Morgan fingerprint density at radius 1 is 0.933 bits per heavy atom. The van der Waals surface area contributed by atoms with Crippen molar-refractivity contribution in [3.8, 4) is 0 Å². The number of benzene rings is 2. The summed E-state index contributed by atoms with van der Waals surface area (Å²) < 4.78 is 0. The number of rotatable bonds is 5. The second-order valence-electron chi connectivity index (χ2n) is 7.55. The van der Waals surface area contributed by atoms with Crippen molar-refractivity contribution in [3.63, 3.8) is 0 Å². The lowest BCUT2D eigenvalue weighted by Crippen LogP contribution is -2.47. The largest absolute Gasteiger partial charge is 0.363 e. The summed E-state index contributed by atoms with van der Waals surface area (Å²) >= 11 is 6.33. The van der Waals surface area contributed by atoms with Crippen LogP contribution in [0.4, 0.5) is 5.69 Å². The van der Waals surface area contributed by atoms with Crippen molar-refractivity contribution < 1.29 is 9.59 Å². The Morgan fingerprint density at radius 3 is 2.37 bits per heavy atom. The first kappa shape index (κ1) is 20.4. The van der Waals surface area contributed by atoms with Crippen LogP contribution in [0.1, 0.15) is 11.1 Å². The van der Waals surface area contributed by atoms with Gasteiger partial charge in [-0.2, -0.15) is 0 Å². The second-order valence-corrected chi connectivity index (χ2v) is 7.93. The highest BCUT2D eigenvalue weighted by Gasteiger charge is 2.41. The molecule has 2 amide bonds. The Morgan fingerprint density at radius 2 is 1.67 bits per heavy atom. The van der Waals surface area contributed by atoms with Gasteiger partial charge in [0.1, 0.15) is 10.7 Å². The molecule has 0 aromatic heterocycles. The van der Waals surface area contributed by atoms with Crippen molar-refractivity contribution in [2.24, 2.45) is 0 Å². The maximum absolute atomic E-state index is 13.0. The van der Waals surface area contributed by atoms with Crippen molar-refractivity contribution in [2.75, 3.05) is 37.6 Å². The third-order valence-corrected chi connectivity index (χ3v) is 5.77. The summed E-state index contributed by atoms with van der Waals surface area (Å²) in [6, 6.07) is 17.5. The number of amides is 2. The quantitative estimate of drug-likeness (QED) is 0.691. The molecular weight excluding hydrogens is 398 g/mol. The first-order valence-corrected chi connectivity index (χ1v) is 10.5. The Kier molecular flexibility index (Phi) is 6.02. The molecule has 5 nitrogen and oxygen atoms in total. The molecule has 0 radical (unpaired) electrons. The summed E-state index contributed by atoms with van der Waals surface area (Å²) in [5.41, 5.74) is 3.04. The zero-order chi connectivity index (χ0) is 21.1. The molecule has 1 fully saturated rings. The first-order valence-electron chi connectivity index (χ1n) is 10.1. The summed E-state index contributed by atoms with van der Waals surface area (Å²) in [7, 11) is 0. The molecule has 0 N–H and O–H groups in total. The van der Waals surface area contributed by atoms with Crippen molar-refractivity contribution in [1.29, 1.82) is 0 Å². The van der Waals surface area contributed by atoms with E-state index in [0.717, 1.165) is 25.2 Å². The molecule has 0 bridgehead atoms. The lowest BCUT2D eigenvalue weighted by atomic mass is 10.2. The lowest BCUT2D eigenvalue weighted by Gasteiger charge is -2.35. The van der Waals surface area contributed by atoms with Crippen LogP contribution in [-0.4, -0.2) is 54.3 Å². The summed E-state index contributed by atoms with van der Waals surface area (Å²) in [6.07, 6.45) is 4.27. The molecule has 2 aliphatic heterocycles. The van der Waals surface area contributed by atoms with Crippen LogP contribution >= 0.6 is 11.6 Å². The molecule has 2 aromatic carbocycles. The van der Waals surface area contributed by atoms with Crippen LogP contribution < -0.4 is 4.90 Å². The molecule has 6 heteroatoms. The molecule has 2 aromatic rings. The van der Waals surface area contributed by atoms with Crippen molar-refractivity contribution >= 4 is 35.2 Å². The van der Waals surface area contributed by atoms with Gasteiger partial charge in [0.25, 0.3) is 11.8 Å². The first-order chi connectivity index (χ1) is 14.5. The molecular formula is C24H24ClN3O2. The summed E-state index contributed by atoms with van der Waals surface area (Å²) in [4.78, 5) is 31.2. The zero-order valence-electron chi connectivity index (χ0n) is 16.9. The monoisotopic (exact) mass is 421 g/mol. The van der Waals surface area contributed by atoms with Gasteiger partial charge in [-0.05, 0) is 30.2 Å². The van der Waals surface area contributed by atoms with Gasteiger partial charge in [-0.25, -0.2) is 4.90 Å². The highest BCUT2D eigenvalue weighted by atomic mass is 35.5. The number of carbonyl (C=O) groups excluding carboxylic acids is 2. The number of imide groups is 1. The van der Waals surface area contributed by atoms with Crippen molar-refractivity contribution in [1.82, 2.24) is 9.80 Å². The number of aryl methyl sites for hydroxylation is 1. The average Bonchev–Trinajstić information content (AvgIpc) is 2.98. The van der Waals surface area contributed by atoms with Gasteiger partial charge in [-0.3, -0.25) is 14.5 Å². The van der Waals surface area contributed by atoms with Crippen LogP contribution in [-0.2, 0) is 9.59 Å². The van der Waals surface area contributed by atoms with E-state index in [1.807, 2.05) is 48.2 Å². The van der Waals surface area contributed by atoms with E-state index in [1.54, 1.807) is 6.07 Å². The maximum Gasteiger partial charge on any atom is 0.283 e. The summed E-state index contributed by atoms with van der Waals surface area (Å²) in [5.74, 6) is -0.788. The minimum atomic E-state index is -0.449. The van der Waals surface area contributed by atoms with E-state index in [2.05, 4.69) is 29.2 Å². The van der Waals surface area contributed by atoms with Gasteiger partial charge in [0.2, 0.25) is 0 Å². The Labute approximate surface area is 181 Å². The fourth-order valence-electron chi connectivity index (χ4n) is 3.82. The number of hydrogen-bond donors (Lipinski definition) is 0. The van der Waals surface area contributed by atoms with E-state index in [-0.39, 0.29) is 10.9 Å². The fourth-order valence-corrected chi connectivity index (χ4v) is 4.11. The minimum Gasteiger partial charge on any atom is -0.363 e. The highest BCUT2D eigenvalue weighted by Crippen LogP contribution is 2.31. The van der Waals surface area contributed by atoms with Gasteiger partial charge in [0, 0.05) is 32.7 Å². The van der Waals surface area contributed by atoms with E-state index >= 15 is 0 Å². The molecule has 30 heavy (non-hydrogen) atoms.